The van der Waals surface area contributed by atoms with Crippen molar-refractivity contribution in [3.8, 4) is 0 Å². The van der Waals surface area contributed by atoms with Gasteiger partial charge in [-0.05, 0) is 31.4 Å². The molecule has 1 aromatic carbocycles. The standard InChI is InChI=1S/C16H18N2O3S/c1-11-17-13(10-22-11)6-4-8-15(19)18-14-7-3-2-5-12(14)9-16(20)21/h2-3,5,7,10H,4,6,8-9H2,1H3,(H,18,19)(H,20,21). The van der Waals surface area contributed by atoms with Crippen LogP contribution in [0.15, 0.2) is 29.6 Å². The fourth-order valence-electron chi connectivity index (χ4n) is 2.13. The summed E-state index contributed by atoms with van der Waals surface area (Å²) in [6.45, 7) is 1.96. The van der Waals surface area contributed by atoms with Crippen molar-refractivity contribution in [1.29, 1.82) is 0 Å². The Morgan fingerprint density at radius 3 is 2.77 bits per heavy atom. The molecule has 0 bridgehead atoms. The number of amides is 1. The molecule has 0 saturated heterocycles. The van der Waals surface area contributed by atoms with Crippen molar-refractivity contribution in [3.63, 3.8) is 0 Å². The lowest BCUT2D eigenvalue weighted by Gasteiger charge is -2.09. The SMILES string of the molecule is Cc1nc(CCCC(=O)Nc2ccccc2CC(=O)O)cs1. The Hall–Kier alpha value is -2.21. The zero-order valence-electron chi connectivity index (χ0n) is 12.3. The average Bonchev–Trinajstić information content (AvgIpc) is 2.86. The fraction of sp³-hybridized carbons (Fsp3) is 0.312. The smallest absolute Gasteiger partial charge is 0.307 e. The van der Waals surface area contributed by atoms with Crippen LogP contribution in [0, 0.1) is 6.92 Å². The van der Waals surface area contributed by atoms with E-state index in [1.807, 2.05) is 12.3 Å². The molecule has 116 valence electrons. The molecule has 0 aliphatic rings. The average molecular weight is 318 g/mol. The molecule has 2 aromatic rings. The van der Waals surface area contributed by atoms with Gasteiger partial charge in [-0.3, -0.25) is 9.59 Å². The fourth-order valence-corrected chi connectivity index (χ4v) is 2.77. The molecule has 0 aliphatic carbocycles. The number of benzene rings is 1. The maximum atomic E-state index is 12.0. The number of anilines is 1. The number of aromatic nitrogens is 1. The number of carboxylic acid groups (broad SMARTS) is 1. The summed E-state index contributed by atoms with van der Waals surface area (Å²) in [4.78, 5) is 27.1. The van der Waals surface area contributed by atoms with Crippen LogP contribution in [-0.4, -0.2) is 22.0 Å². The lowest BCUT2D eigenvalue weighted by atomic mass is 10.1. The Morgan fingerprint density at radius 1 is 1.32 bits per heavy atom. The number of rotatable bonds is 7. The number of carbonyl (C=O) groups excluding carboxylic acids is 1. The number of hydrogen-bond acceptors (Lipinski definition) is 4. The van der Waals surface area contributed by atoms with Crippen LogP contribution >= 0.6 is 11.3 Å². The Kier molecular flexibility index (Phi) is 5.66. The molecular formula is C16H18N2O3S. The molecule has 1 amide bonds. The maximum absolute atomic E-state index is 12.0. The molecule has 0 saturated carbocycles. The summed E-state index contributed by atoms with van der Waals surface area (Å²) in [5, 5.41) is 14.7. The van der Waals surface area contributed by atoms with Crippen molar-refractivity contribution in [2.75, 3.05) is 5.32 Å². The van der Waals surface area contributed by atoms with Gasteiger partial charge in [-0.1, -0.05) is 18.2 Å². The van der Waals surface area contributed by atoms with Gasteiger partial charge >= 0.3 is 5.97 Å². The summed E-state index contributed by atoms with van der Waals surface area (Å²) in [5.41, 5.74) is 2.19. The van der Waals surface area contributed by atoms with Crippen LogP contribution in [0.4, 0.5) is 5.69 Å². The van der Waals surface area contributed by atoms with Crippen LogP contribution in [0.5, 0.6) is 0 Å². The second-order valence-corrected chi connectivity index (χ2v) is 6.05. The van der Waals surface area contributed by atoms with Gasteiger partial charge in [-0.15, -0.1) is 11.3 Å². The zero-order chi connectivity index (χ0) is 15.9. The van der Waals surface area contributed by atoms with Gasteiger partial charge in [0.05, 0.1) is 17.1 Å². The van der Waals surface area contributed by atoms with Crippen LogP contribution in [0.25, 0.3) is 0 Å². The quantitative estimate of drug-likeness (QED) is 0.822. The molecule has 5 nitrogen and oxygen atoms in total. The molecule has 0 atom stereocenters. The molecule has 6 heteroatoms. The first-order valence-electron chi connectivity index (χ1n) is 7.05. The third-order valence-electron chi connectivity index (χ3n) is 3.14. The van der Waals surface area contributed by atoms with Gasteiger partial charge in [-0.2, -0.15) is 0 Å². The van der Waals surface area contributed by atoms with E-state index in [4.69, 9.17) is 5.11 Å². The summed E-state index contributed by atoms with van der Waals surface area (Å²) in [6.07, 6.45) is 1.77. The Balaban J connectivity index is 1.85. The molecule has 0 radical (unpaired) electrons. The van der Waals surface area contributed by atoms with E-state index in [9.17, 15) is 9.59 Å². The summed E-state index contributed by atoms with van der Waals surface area (Å²) in [6, 6.07) is 6.97. The van der Waals surface area contributed by atoms with Crippen molar-refractivity contribution in [3.05, 3.63) is 45.9 Å². The van der Waals surface area contributed by atoms with Gasteiger partial charge in [0.1, 0.15) is 0 Å². The van der Waals surface area contributed by atoms with Gasteiger partial charge in [0.25, 0.3) is 0 Å². The molecule has 1 aromatic heterocycles. The minimum atomic E-state index is -0.916. The molecule has 0 aliphatic heterocycles. The lowest BCUT2D eigenvalue weighted by molar-refractivity contribution is -0.136. The Labute approximate surface area is 133 Å². The highest BCUT2D eigenvalue weighted by Gasteiger charge is 2.09. The summed E-state index contributed by atoms with van der Waals surface area (Å²) >= 11 is 1.61. The van der Waals surface area contributed by atoms with E-state index in [2.05, 4.69) is 10.3 Å². The van der Waals surface area contributed by atoms with Crippen molar-refractivity contribution in [1.82, 2.24) is 4.98 Å². The molecule has 2 N–H and O–H groups in total. The number of nitrogens with zero attached hydrogens (tertiary/aromatic N) is 1. The van der Waals surface area contributed by atoms with E-state index in [0.29, 0.717) is 17.7 Å². The summed E-state index contributed by atoms with van der Waals surface area (Å²) in [7, 11) is 0. The Bertz CT molecular complexity index is 667. The first-order chi connectivity index (χ1) is 10.5. The van der Waals surface area contributed by atoms with Crippen LogP contribution < -0.4 is 5.32 Å². The van der Waals surface area contributed by atoms with Crippen molar-refractivity contribution >= 4 is 28.9 Å². The number of para-hydroxylation sites is 1. The number of aryl methyl sites for hydroxylation is 2. The molecule has 22 heavy (non-hydrogen) atoms. The number of carboxylic acids is 1. The van der Waals surface area contributed by atoms with E-state index in [1.165, 1.54) is 0 Å². The minimum Gasteiger partial charge on any atom is -0.481 e. The number of aliphatic carboxylic acids is 1. The highest BCUT2D eigenvalue weighted by Crippen LogP contribution is 2.17. The largest absolute Gasteiger partial charge is 0.481 e. The monoisotopic (exact) mass is 318 g/mol. The van der Waals surface area contributed by atoms with E-state index in [-0.39, 0.29) is 12.3 Å². The van der Waals surface area contributed by atoms with Crippen molar-refractivity contribution < 1.29 is 14.7 Å². The van der Waals surface area contributed by atoms with Gasteiger partial charge in [0.2, 0.25) is 5.91 Å². The second kappa shape index (κ2) is 7.70. The van der Waals surface area contributed by atoms with Gasteiger partial charge in [0.15, 0.2) is 0 Å². The molecular weight excluding hydrogens is 300 g/mol. The lowest BCUT2D eigenvalue weighted by Crippen LogP contribution is -2.14. The summed E-state index contributed by atoms with van der Waals surface area (Å²) in [5.74, 6) is -1.02. The molecule has 1 heterocycles. The molecule has 0 unspecified atom stereocenters. The molecule has 2 rings (SSSR count). The van der Waals surface area contributed by atoms with Gasteiger partial charge in [-0.25, -0.2) is 4.98 Å². The van der Waals surface area contributed by atoms with Gasteiger partial charge in [0, 0.05) is 17.5 Å². The molecule has 0 fully saturated rings. The third-order valence-corrected chi connectivity index (χ3v) is 3.96. The van der Waals surface area contributed by atoms with E-state index in [0.717, 1.165) is 23.5 Å². The third kappa shape index (κ3) is 4.96. The molecule has 0 spiro atoms. The highest BCUT2D eigenvalue weighted by atomic mass is 32.1. The maximum Gasteiger partial charge on any atom is 0.307 e. The van der Waals surface area contributed by atoms with E-state index >= 15 is 0 Å². The van der Waals surface area contributed by atoms with Crippen LogP contribution in [0.1, 0.15) is 29.1 Å². The van der Waals surface area contributed by atoms with Crippen molar-refractivity contribution in [2.45, 2.75) is 32.6 Å². The Morgan fingerprint density at radius 2 is 2.09 bits per heavy atom. The van der Waals surface area contributed by atoms with Gasteiger partial charge < -0.3 is 10.4 Å². The van der Waals surface area contributed by atoms with Crippen LogP contribution in [-0.2, 0) is 22.4 Å². The number of hydrogen-bond donors (Lipinski definition) is 2. The van der Waals surface area contributed by atoms with E-state index in [1.54, 1.807) is 35.6 Å². The normalized spacial score (nSPS) is 10.4. The number of carbonyl (C=O) groups is 2. The number of thiazole rings is 1. The number of nitrogens with one attached hydrogen (secondary N) is 1. The first-order valence-corrected chi connectivity index (χ1v) is 7.93. The minimum absolute atomic E-state index is 0.103. The topological polar surface area (TPSA) is 79.3 Å². The highest BCUT2D eigenvalue weighted by molar-refractivity contribution is 7.09. The predicted octanol–water partition coefficient (Wildman–Crippen LogP) is 3.04. The predicted molar refractivity (Wildman–Crippen MR) is 86.2 cm³/mol. The summed E-state index contributed by atoms with van der Waals surface area (Å²) < 4.78 is 0. The second-order valence-electron chi connectivity index (χ2n) is 4.99. The van der Waals surface area contributed by atoms with Crippen molar-refractivity contribution in [2.24, 2.45) is 0 Å². The van der Waals surface area contributed by atoms with Crippen LogP contribution in [0.2, 0.25) is 0 Å². The zero-order valence-corrected chi connectivity index (χ0v) is 13.2. The van der Waals surface area contributed by atoms with E-state index < -0.39 is 5.97 Å². The first kappa shape index (κ1) is 16.2. The van der Waals surface area contributed by atoms with Crippen LogP contribution in [0.3, 0.4) is 0 Å².